The van der Waals surface area contributed by atoms with Crippen molar-refractivity contribution in [3.63, 3.8) is 0 Å². The monoisotopic (exact) mass is 481 g/mol. The normalized spacial score (nSPS) is 19.0. The van der Waals surface area contributed by atoms with E-state index in [1.165, 1.54) is 11.4 Å². The summed E-state index contributed by atoms with van der Waals surface area (Å²) in [7, 11) is -1.92. The Morgan fingerprint density at radius 1 is 0.939 bits per heavy atom. The average molecular weight is 482 g/mol. The maximum Gasteiger partial charge on any atom is 0.282 e. The Kier molecular flexibility index (Phi) is 9.07. The van der Waals surface area contributed by atoms with Gasteiger partial charge in [0.05, 0.1) is 25.9 Å². The molecule has 0 saturated carbocycles. The van der Waals surface area contributed by atoms with Crippen LogP contribution in [0, 0.1) is 6.92 Å². The fourth-order valence-corrected chi connectivity index (χ4v) is 5.78. The van der Waals surface area contributed by atoms with Crippen LogP contribution in [0.4, 0.5) is 5.69 Å². The van der Waals surface area contributed by atoms with E-state index in [-0.39, 0.29) is 24.9 Å². The summed E-state index contributed by atoms with van der Waals surface area (Å²) in [5.41, 5.74) is 1.53. The first-order chi connectivity index (χ1) is 15.8. The van der Waals surface area contributed by atoms with Gasteiger partial charge in [-0.05, 0) is 37.5 Å². The summed E-state index contributed by atoms with van der Waals surface area (Å²) in [6.07, 6.45) is 3.96. The SMILES string of the molecule is COc1ccc(C)cc1NC(=O)CNC(=O)CN1CCN(S(=O)(=O)N2CCCCCC2)CC1. The maximum absolute atomic E-state index is 12.9. The van der Waals surface area contributed by atoms with Crippen LogP contribution in [0.3, 0.4) is 0 Å². The minimum absolute atomic E-state index is 0.124. The standard InChI is InChI=1S/C22H35N5O5S/c1-18-7-8-20(32-2)19(15-18)24-21(28)16-23-22(29)17-25-11-13-27(14-12-25)33(30,31)26-9-5-3-4-6-10-26/h7-8,15H,3-6,9-14,16-17H2,1-2H3,(H,23,29)(H,24,28). The van der Waals surface area contributed by atoms with Gasteiger partial charge in [0, 0.05) is 39.3 Å². The molecule has 0 aromatic heterocycles. The summed E-state index contributed by atoms with van der Waals surface area (Å²) < 4.78 is 34.2. The number of nitrogens with zero attached hydrogens (tertiary/aromatic N) is 3. The second-order valence-corrected chi connectivity index (χ2v) is 10.5. The lowest BCUT2D eigenvalue weighted by atomic mass is 10.2. The van der Waals surface area contributed by atoms with Crippen molar-refractivity contribution in [1.82, 2.24) is 18.8 Å². The third kappa shape index (κ3) is 7.13. The second-order valence-electron chi connectivity index (χ2n) is 8.52. The summed E-state index contributed by atoms with van der Waals surface area (Å²) in [5, 5.41) is 5.38. The zero-order valence-electron chi connectivity index (χ0n) is 19.5. The maximum atomic E-state index is 12.9. The zero-order chi connectivity index (χ0) is 23.8. The van der Waals surface area contributed by atoms with Crippen molar-refractivity contribution < 1.29 is 22.7 Å². The number of hydrogen-bond acceptors (Lipinski definition) is 6. The molecule has 2 aliphatic heterocycles. The van der Waals surface area contributed by atoms with E-state index in [9.17, 15) is 18.0 Å². The number of aryl methyl sites for hydroxylation is 1. The van der Waals surface area contributed by atoms with Gasteiger partial charge in [0.1, 0.15) is 5.75 Å². The van der Waals surface area contributed by atoms with Gasteiger partial charge in [0.15, 0.2) is 0 Å². The highest BCUT2D eigenvalue weighted by Crippen LogP contribution is 2.25. The summed E-state index contributed by atoms with van der Waals surface area (Å²) in [6, 6.07) is 5.46. The number of rotatable bonds is 8. The lowest BCUT2D eigenvalue weighted by molar-refractivity contribution is -0.125. The highest BCUT2D eigenvalue weighted by Gasteiger charge is 2.32. The van der Waals surface area contributed by atoms with Crippen LogP contribution in [0.25, 0.3) is 0 Å². The van der Waals surface area contributed by atoms with Crippen molar-refractivity contribution in [3.05, 3.63) is 23.8 Å². The second kappa shape index (κ2) is 11.8. The number of ether oxygens (including phenoxy) is 1. The van der Waals surface area contributed by atoms with Gasteiger partial charge < -0.3 is 15.4 Å². The third-order valence-corrected chi connectivity index (χ3v) is 8.03. The van der Waals surface area contributed by atoms with Crippen LogP contribution in [0.2, 0.25) is 0 Å². The highest BCUT2D eigenvalue weighted by molar-refractivity contribution is 7.86. The van der Waals surface area contributed by atoms with E-state index in [1.807, 2.05) is 17.9 Å². The van der Waals surface area contributed by atoms with Crippen molar-refractivity contribution >= 4 is 27.7 Å². The molecule has 2 fully saturated rings. The molecular formula is C22H35N5O5S. The van der Waals surface area contributed by atoms with Gasteiger partial charge >= 0.3 is 0 Å². The molecule has 11 heteroatoms. The van der Waals surface area contributed by atoms with Crippen molar-refractivity contribution in [2.24, 2.45) is 0 Å². The Labute approximate surface area is 196 Å². The average Bonchev–Trinajstić information content (AvgIpc) is 3.09. The molecule has 10 nitrogen and oxygen atoms in total. The highest BCUT2D eigenvalue weighted by atomic mass is 32.2. The van der Waals surface area contributed by atoms with Gasteiger partial charge in [-0.1, -0.05) is 18.9 Å². The number of carbonyl (C=O) groups excluding carboxylic acids is 2. The first-order valence-electron chi connectivity index (χ1n) is 11.5. The van der Waals surface area contributed by atoms with Crippen LogP contribution in [0.1, 0.15) is 31.2 Å². The molecule has 0 spiro atoms. The first-order valence-corrected chi connectivity index (χ1v) is 12.9. The number of carbonyl (C=O) groups is 2. The molecule has 2 heterocycles. The molecule has 0 radical (unpaired) electrons. The lowest BCUT2D eigenvalue weighted by Gasteiger charge is -2.36. The van der Waals surface area contributed by atoms with Crippen molar-refractivity contribution in [1.29, 1.82) is 0 Å². The van der Waals surface area contributed by atoms with E-state index in [0.29, 0.717) is 50.7 Å². The van der Waals surface area contributed by atoms with E-state index in [2.05, 4.69) is 10.6 Å². The summed E-state index contributed by atoms with van der Waals surface area (Å²) in [5.74, 6) is -0.0703. The fraction of sp³-hybridized carbons (Fsp3) is 0.636. The van der Waals surface area contributed by atoms with E-state index in [1.54, 1.807) is 16.4 Å². The minimum Gasteiger partial charge on any atom is -0.495 e. The van der Waals surface area contributed by atoms with E-state index in [4.69, 9.17) is 4.74 Å². The molecule has 2 aliphatic rings. The lowest BCUT2D eigenvalue weighted by Crippen LogP contribution is -2.54. The Morgan fingerprint density at radius 2 is 1.58 bits per heavy atom. The smallest absolute Gasteiger partial charge is 0.282 e. The predicted octanol–water partition coefficient (Wildman–Crippen LogP) is 0.797. The third-order valence-electron chi connectivity index (χ3n) is 5.99. The Hall–Kier alpha value is -2.21. The number of piperazine rings is 1. The predicted molar refractivity (Wildman–Crippen MR) is 126 cm³/mol. The molecule has 33 heavy (non-hydrogen) atoms. The molecule has 0 unspecified atom stereocenters. The molecule has 3 rings (SSSR count). The summed E-state index contributed by atoms with van der Waals surface area (Å²) >= 11 is 0. The van der Waals surface area contributed by atoms with Crippen LogP contribution in [0.15, 0.2) is 18.2 Å². The molecule has 1 aromatic rings. The van der Waals surface area contributed by atoms with Crippen LogP contribution in [-0.4, -0.2) is 93.2 Å². The molecule has 2 saturated heterocycles. The fourth-order valence-electron chi connectivity index (χ4n) is 4.11. The van der Waals surface area contributed by atoms with Crippen LogP contribution >= 0.6 is 0 Å². The quantitative estimate of drug-likeness (QED) is 0.568. The number of benzene rings is 1. The van der Waals surface area contributed by atoms with E-state index < -0.39 is 10.2 Å². The Balaban J connectivity index is 1.41. The van der Waals surface area contributed by atoms with Gasteiger partial charge in [-0.15, -0.1) is 0 Å². The number of nitrogens with one attached hydrogen (secondary N) is 2. The number of anilines is 1. The summed E-state index contributed by atoms with van der Waals surface area (Å²) in [6.45, 7) is 4.73. The van der Waals surface area contributed by atoms with Crippen molar-refractivity contribution in [3.8, 4) is 5.75 Å². The zero-order valence-corrected chi connectivity index (χ0v) is 20.3. The van der Waals surface area contributed by atoms with Crippen LogP contribution < -0.4 is 15.4 Å². The molecule has 1 aromatic carbocycles. The topological polar surface area (TPSA) is 111 Å². The molecule has 184 valence electrons. The molecular weight excluding hydrogens is 446 g/mol. The van der Waals surface area contributed by atoms with Gasteiger partial charge in [0.2, 0.25) is 11.8 Å². The van der Waals surface area contributed by atoms with Gasteiger partial charge in [-0.25, -0.2) is 0 Å². The van der Waals surface area contributed by atoms with E-state index in [0.717, 1.165) is 31.2 Å². The molecule has 0 atom stereocenters. The van der Waals surface area contributed by atoms with Gasteiger partial charge in [0.25, 0.3) is 10.2 Å². The largest absolute Gasteiger partial charge is 0.495 e. The molecule has 2 N–H and O–H groups in total. The molecule has 2 amide bonds. The Morgan fingerprint density at radius 3 is 2.21 bits per heavy atom. The Bertz CT molecular complexity index is 923. The molecule has 0 aliphatic carbocycles. The van der Waals surface area contributed by atoms with Crippen molar-refractivity contribution in [2.45, 2.75) is 32.6 Å². The van der Waals surface area contributed by atoms with Crippen LogP contribution in [-0.2, 0) is 19.8 Å². The first kappa shape index (κ1) is 25.4. The summed E-state index contributed by atoms with van der Waals surface area (Å²) in [4.78, 5) is 26.5. The van der Waals surface area contributed by atoms with E-state index >= 15 is 0 Å². The minimum atomic E-state index is -3.44. The number of amides is 2. The van der Waals surface area contributed by atoms with Gasteiger partial charge in [-0.2, -0.15) is 17.0 Å². The number of methoxy groups -OCH3 is 1. The van der Waals surface area contributed by atoms with Crippen LogP contribution in [0.5, 0.6) is 5.75 Å². The number of hydrogen-bond donors (Lipinski definition) is 2. The van der Waals surface area contributed by atoms with Crippen molar-refractivity contribution in [2.75, 3.05) is 64.8 Å². The molecule has 0 bridgehead atoms. The van der Waals surface area contributed by atoms with Gasteiger partial charge in [-0.3, -0.25) is 14.5 Å².